The van der Waals surface area contributed by atoms with Gasteiger partial charge in [0.1, 0.15) is 5.69 Å². The molecule has 1 aromatic heterocycles. The van der Waals surface area contributed by atoms with Gasteiger partial charge in [-0.25, -0.2) is 17.9 Å². The van der Waals surface area contributed by atoms with Crippen molar-refractivity contribution in [3.63, 3.8) is 0 Å². The van der Waals surface area contributed by atoms with Crippen LogP contribution < -0.4 is 0 Å². The van der Waals surface area contributed by atoms with Crippen LogP contribution >= 0.6 is 0 Å². The van der Waals surface area contributed by atoms with Crippen LogP contribution in [-0.2, 0) is 0 Å². The first-order valence-electron chi connectivity index (χ1n) is 5.28. The van der Waals surface area contributed by atoms with E-state index in [0.29, 0.717) is 6.42 Å². The minimum Gasteiger partial charge on any atom is -0.387 e. The molecule has 0 saturated heterocycles. The molecule has 1 unspecified atom stereocenters. The van der Waals surface area contributed by atoms with Crippen molar-refractivity contribution in [2.45, 2.75) is 19.4 Å². The molecule has 2 rings (SSSR count). The van der Waals surface area contributed by atoms with Crippen LogP contribution in [-0.4, -0.2) is 20.1 Å². The van der Waals surface area contributed by atoms with Gasteiger partial charge in [0.25, 0.3) is 0 Å². The van der Waals surface area contributed by atoms with Crippen molar-refractivity contribution >= 4 is 0 Å². The summed E-state index contributed by atoms with van der Waals surface area (Å²) in [6, 6.07) is 1.60. The molecule has 0 fully saturated rings. The fourth-order valence-corrected chi connectivity index (χ4v) is 1.44. The van der Waals surface area contributed by atoms with E-state index < -0.39 is 23.6 Å². The van der Waals surface area contributed by atoms with E-state index >= 15 is 0 Å². The molecule has 0 spiro atoms. The number of hydrogen-bond donors (Lipinski definition) is 1. The second kappa shape index (κ2) is 4.77. The monoisotopic (exact) mass is 257 g/mol. The molecule has 0 radical (unpaired) electrons. The Morgan fingerprint density at radius 1 is 1.28 bits per heavy atom. The summed E-state index contributed by atoms with van der Waals surface area (Å²) < 4.78 is 39.9. The molecule has 18 heavy (non-hydrogen) atoms. The summed E-state index contributed by atoms with van der Waals surface area (Å²) in [5.74, 6) is -4.15. The fraction of sp³-hybridized carbons (Fsp3) is 0.273. The van der Waals surface area contributed by atoms with Gasteiger partial charge < -0.3 is 5.11 Å². The molecule has 7 heteroatoms. The van der Waals surface area contributed by atoms with Gasteiger partial charge in [0.2, 0.25) is 0 Å². The molecule has 1 heterocycles. The van der Waals surface area contributed by atoms with Crippen LogP contribution in [0.4, 0.5) is 13.2 Å². The third kappa shape index (κ3) is 2.21. The molecule has 0 aliphatic rings. The number of aliphatic hydroxyl groups is 1. The number of aromatic nitrogens is 3. The first kappa shape index (κ1) is 12.6. The molecule has 1 N–H and O–H groups in total. The zero-order valence-electron chi connectivity index (χ0n) is 9.44. The minimum atomic E-state index is -1.53. The topological polar surface area (TPSA) is 50.9 Å². The highest BCUT2D eigenvalue weighted by Gasteiger charge is 2.14. The van der Waals surface area contributed by atoms with Gasteiger partial charge >= 0.3 is 0 Å². The summed E-state index contributed by atoms with van der Waals surface area (Å²) in [5, 5.41) is 16.8. The minimum absolute atomic E-state index is 0.00606. The predicted molar refractivity (Wildman–Crippen MR) is 56.5 cm³/mol. The molecular formula is C11H10F3N3O. The van der Waals surface area contributed by atoms with Crippen LogP contribution in [0.15, 0.2) is 18.3 Å². The Kier molecular flexibility index (Phi) is 3.33. The summed E-state index contributed by atoms with van der Waals surface area (Å²) in [4.78, 5) is 0. The molecule has 2 aromatic rings. The number of nitrogens with zero attached hydrogens (tertiary/aromatic N) is 3. The Morgan fingerprint density at radius 2 is 1.89 bits per heavy atom. The van der Waals surface area contributed by atoms with E-state index in [-0.39, 0.29) is 11.4 Å². The van der Waals surface area contributed by atoms with Gasteiger partial charge in [-0.1, -0.05) is 12.1 Å². The Hall–Kier alpha value is -1.89. The normalized spacial score (nSPS) is 12.7. The number of hydrogen-bond acceptors (Lipinski definition) is 3. The van der Waals surface area contributed by atoms with Gasteiger partial charge in [-0.3, -0.25) is 0 Å². The van der Waals surface area contributed by atoms with Gasteiger partial charge in [0, 0.05) is 12.1 Å². The number of benzene rings is 1. The lowest BCUT2D eigenvalue weighted by Gasteiger charge is -2.03. The second-order valence-corrected chi connectivity index (χ2v) is 3.74. The van der Waals surface area contributed by atoms with Crippen LogP contribution in [0.5, 0.6) is 0 Å². The largest absolute Gasteiger partial charge is 0.387 e. The molecule has 0 aliphatic carbocycles. The summed E-state index contributed by atoms with van der Waals surface area (Å²) >= 11 is 0. The van der Waals surface area contributed by atoms with Crippen LogP contribution in [0.25, 0.3) is 5.69 Å². The Balaban J connectivity index is 2.40. The van der Waals surface area contributed by atoms with Crippen LogP contribution in [0.1, 0.15) is 25.1 Å². The molecule has 96 valence electrons. The number of aliphatic hydroxyl groups excluding tert-OH is 1. The summed E-state index contributed by atoms with van der Waals surface area (Å²) in [6.07, 6.45) is 0.972. The maximum absolute atomic E-state index is 13.0. The van der Waals surface area contributed by atoms with Crippen molar-refractivity contribution in [1.29, 1.82) is 0 Å². The molecule has 4 nitrogen and oxygen atoms in total. The van der Waals surface area contributed by atoms with Crippen molar-refractivity contribution in [2.24, 2.45) is 0 Å². The SMILES string of the molecule is CCC(O)c1cn(-c2cc(F)c(F)c(F)c2)nn1. The van der Waals surface area contributed by atoms with Crippen molar-refractivity contribution in [3.8, 4) is 5.69 Å². The highest BCUT2D eigenvalue weighted by molar-refractivity contribution is 5.32. The quantitative estimate of drug-likeness (QED) is 0.857. The maximum atomic E-state index is 13.0. The first-order chi connectivity index (χ1) is 8.52. The van der Waals surface area contributed by atoms with Crippen molar-refractivity contribution in [3.05, 3.63) is 41.5 Å². The average molecular weight is 257 g/mol. The van der Waals surface area contributed by atoms with Crippen molar-refractivity contribution in [1.82, 2.24) is 15.0 Å². The highest BCUT2D eigenvalue weighted by Crippen LogP contribution is 2.18. The smallest absolute Gasteiger partial charge is 0.194 e. The molecule has 0 saturated carbocycles. The molecule has 0 aliphatic heterocycles. The van der Waals surface area contributed by atoms with Crippen LogP contribution in [0.3, 0.4) is 0 Å². The molecule has 0 amide bonds. The Labute approximate surface area is 101 Å². The predicted octanol–water partition coefficient (Wildman–Crippen LogP) is 2.13. The highest BCUT2D eigenvalue weighted by atomic mass is 19.2. The van der Waals surface area contributed by atoms with E-state index in [1.165, 1.54) is 6.20 Å². The van der Waals surface area contributed by atoms with Gasteiger partial charge in [0.05, 0.1) is 18.0 Å². The fourth-order valence-electron chi connectivity index (χ4n) is 1.44. The first-order valence-corrected chi connectivity index (χ1v) is 5.28. The van der Waals surface area contributed by atoms with Crippen LogP contribution in [0, 0.1) is 17.5 Å². The Bertz CT molecular complexity index is 547. The van der Waals surface area contributed by atoms with Gasteiger partial charge in [-0.05, 0) is 6.42 Å². The third-order valence-corrected chi connectivity index (χ3v) is 2.47. The van der Waals surface area contributed by atoms with Gasteiger partial charge in [-0.2, -0.15) is 0 Å². The lowest BCUT2D eigenvalue weighted by molar-refractivity contribution is 0.169. The van der Waals surface area contributed by atoms with E-state index in [4.69, 9.17) is 0 Å². The van der Waals surface area contributed by atoms with E-state index in [1.807, 2.05) is 0 Å². The molecule has 1 aromatic carbocycles. The number of rotatable bonds is 3. The molecular weight excluding hydrogens is 247 g/mol. The Morgan fingerprint density at radius 3 is 2.44 bits per heavy atom. The summed E-state index contributed by atoms with van der Waals surface area (Å²) in [5.41, 5.74) is 0.274. The second-order valence-electron chi connectivity index (χ2n) is 3.74. The van der Waals surface area contributed by atoms with Crippen LogP contribution in [0.2, 0.25) is 0 Å². The maximum Gasteiger partial charge on any atom is 0.194 e. The van der Waals surface area contributed by atoms with Crippen molar-refractivity contribution in [2.75, 3.05) is 0 Å². The third-order valence-electron chi connectivity index (χ3n) is 2.47. The molecule has 0 bridgehead atoms. The zero-order valence-corrected chi connectivity index (χ0v) is 9.44. The van der Waals surface area contributed by atoms with E-state index in [0.717, 1.165) is 16.8 Å². The zero-order chi connectivity index (χ0) is 13.3. The summed E-state index contributed by atoms with van der Waals surface area (Å²) in [7, 11) is 0. The summed E-state index contributed by atoms with van der Waals surface area (Å²) in [6.45, 7) is 1.75. The standard InChI is InChI=1S/C11H10F3N3O/c1-2-10(18)9-5-17(16-15-9)6-3-7(12)11(14)8(13)4-6/h3-5,10,18H,2H2,1H3. The van der Waals surface area contributed by atoms with Crippen molar-refractivity contribution < 1.29 is 18.3 Å². The number of halogens is 3. The van der Waals surface area contributed by atoms with E-state index in [1.54, 1.807) is 6.92 Å². The average Bonchev–Trinajstić information content (AvgIpc) is 2.84. The lowest BCUT2D eigenvalue weighted by atomic mass is 10.2. The van der Waals surface area contributed by atoms with E-state index in [9.17, 15) is 18.3 Å². The molecule has 1 atom stereocenters. The van der Waals surface area contributed by atoms with E-state index in [2.05, 4.69) is 10.3 Å². The lowest BCUT2D eigenvalue weighted by Crippen LogP contribution is -2.00. The van der Waals surface area contributed by atoms with Gasteiger partial charge in [0.15, 0.2) is 17.5 Å². The van der Waals surface area contributed by atoms with Gasteiger partial charge in [-0.15, -0.1) is 5.10 Å².